The highest BCUT2D eigenvalue weighted by Gasteiger charge is 2.38. The zero-order valence-electron chi connectivity index (χ0n) is 9.41. The standard InChI is InChI=1S/C10H14N2O4S/c1-7(9-11-4-6-17(9,15)16)12-5-2-3-8(12)10(13)14/h4,6-8H,2-3,5H2,1H3,(H,13,14)/t7-,8?/m0/s1. The molecule has 0 spiro atoms. The Labute approximate surface area is 99.6 Å². The lowest BCUT2D eigenvalue weighted by molar-refractivity contribution is -0.142. The van der Waals surface area contributed by atoms with Crippen molar-refractivity contribution in [2.75, 3.05) is 6.54 Å². The average molecular weight is 258 g/mol. The molecule has 0 aromatic heterocycles. The van der Waals surface area contributed by atoms with Crippen LogP contribution in [0, 0.1) is 0 Å². The van der Waals surface area contributed by atoms with Crippen LogP contribution in [0.15, 0.2) is 16.6 Å². The number of carboxylic acid groups (broad SMARTS) is 1. The van der Waals surface area contributed by atoms with E-state index in [1.807, 2.05) is 0 Å². The third-order valence-corrected chi connectivity index (χ3v) is 4.68. The number of rotatable bonds is 3. The van der Waals surface area contributed by atoms with Gasteiger partial charge in [0.1, 0.15) is 6.04 Å². The predicted molar refractivity (Wildman–Crippen MR) is 62.3 cm³/mol. The first-order valence-electron chi connectivity index (χ1n) is 5.41. The van der Waals surface area contributed by atoms with E-state index in [9.17, 15) is 13.2 Å². The monoisotopic (exact) mass is 258 g/mol. The zero-order valence-corrected chi connectivity index (χ0v) is 10.2. The first kappa shape index (κ1) is 12.3. The van der Waals surface area contributed by atoms with Crippen molar-refractivity contribution in [1.29, 1.82) is 0 Å². The molecule has 2 aliphatic rings. The Balaban J connectivity index is 2.22. The van der Waals surface area contributed by atoms with Gasteiger partial charge in [-0.05, 0) is 26.3 Å². The van der Waals surface area contributed by atoms with Crippen LogP contribution >= 0.6 is 0 Å². The van der Waals surface area contributed by atoms with Crippen molar-refractivity contribution in [2.45, 2.75) is 31.8 Å². The molecule has 1 unspecified atom stereocenters. The van der Waals surface area contributed by atoms with Gasteiger partial charge >= 0.3 is 5.97 Å². The summed E-state index contributed by atoms with van der Waals surface area (Å²) in [5.41, 5.74) is 0. The molecule has 6 nitrogen and oxygen atoms in total. The highest BCUT2D eigenvalue weighted by molar-refractivity contribution is 8.09. The van der Waals surface area contributed by atoms with Gasteiger partial charge in [-0.2, -0.15) is 0 Å². The zero-order chi connectivity index (χ0) is 12.6. The molecule has 94 valence electrons. The summed E-state index contributed by atoms with van der Waals surface area (Å²) in [4.78, 5) is 16.6. The molecule has 1 saturated heterocycles. The second kappa shape index (κ2) is 4.23. The minimum atomic E-state index is -3.44. The lowest BCUT2D eigenvalue weighted by Crippen LogP contribution is -2.46. The van der Waals surface area contributed by atoms with Gasteiger partial charge in [-0.15, -0.1) is 0 Å². The maximum atomic E-state index is 11.6. The minimum Gasteiger partial charge on any atom is -0.480 e. The van der Waals surface area contributed by atoms with Crippen molar-refractivity contribution in [2.24, 2.45) is 4.99 Å². The van der Waals surface area contributed by atoms with Crippen molar-refractivity contribution in [1.82, 2.24) is 4.90 Å². The van der Waals surface area contributed by atoms with Crippen LogP contribution in [0.3, 0.4) is 0 Å². The number of aliphatic imine (C=N–C) groups is 1. The largest absolute Gasteiger partial charge is 0.480 e. The van der Waals surface area contributed by atoms with Gasteiger partial charge in [0.2, 0.25) is 9.84 Å². The van der Waals surface area contributed by atoms with Gasteiger partial charge in [-0.1, -0.05) is 0 Å². The van der Waals surface area contributed by atoms with Crippen LogP contribution in [0.5, 0.6) is 0 Å². The van der Waals surface area contributed by atoms with Gasteiger partial charge in [0.25, 0.3) is 0 Å². The molecule has 0 aromatic rings. The first-order valence-corrected chi connectivity index (χ1v) is 6.96. The molecule has 2 aliphatic heterocycles. The van der Waals surface area contributed by atoms with Gasteiger partial charge in [0, 0.05) is 6.20 Å². The van der Waals surface area contributed by atoms with E-state index in [0.29, 0.717) is 13.0 Å². The minimum absolute atomic E-state index is 0.0469. The molecule has 7 heteroatoms. The van der Waals surface area contributed by atoms with Crippen molar-refractivity contribution >= 4 is 20.9 Å². The highest BCUT2D eigenvalue weighted by atomic mass is 32.2. The molecule has 0 amide bonds. The number of aliphatic carboxylic acids is 1. The van der Waals surface area contributed by atoms with Gasteiger partial charge < -0.3 is 5.11 Å². The molecule has 17 heavy (non-hydrogen) atoms. The average Bonchev–Trinajstić information content (AvgIpc) is 2.82. The summed E-state index contributed by atoms with van der Waals surface area (Å²) >= 11 is 0. The molecule has 2 atom stereocenters. The van der Waals surface area contributed by atoms with E-state index in [2.05, 4.69) is 4.99 Å². The topological polar surface area (TPSA) is 87.0 Å². The number of carboxylic acids is 1. The van der Waals surface area contributed by atoms with E-state index in [1.54, 1.807) is 11.8 Å². The second-order valence-corrected chi connectivity index (χ2v) is 5.99. The lowest BCUT2D eigenvalue weighted by atomic mass is 10.2. The Morgan fingerprint density at radius 3 is 2.88 bits per heavy atom. The molecular weight excluding hydrogens is 244 g/mol. The molecule has 0 saturated carbocycles. The molecule has 2 rings (SSSR count). The highest BCUT2D eigenvalue weighted by Crippen LogP contribution is 2.23. The van der Waals surface area contributed by atoms with E-state index in [4.69, 9.17) is 5.11 Å². The van der Waals surface area contributed by atoms with Crippen LogP contribution in [0.25, 0.3) is 0 Å². The van der Waals surface area contributed by atoms with Gasteiger partial charge in [0.15, 0.2) is 5.04 Å². The fourth-order valence-electron chi connectivity index (χ4n) is 2.33. The van der Waals surface area contributed by atoms with Gasteiger partial charge in [-0.3, -0.25) is 9.69 Å². The number of hydrogen-bond acceptors (Lipinski definition) is 5. The maximum absolute atomic E-state index is 11.6. The molecule has 0 aliphatic carbocycles. The molecule has 0 aromatic carbocycles. The van der Waals surface area contributed by atoms with E-state index >= 15 is 0 Å². The van der Waals surface area contributed by atoms with Crippen molar-refractivity contribution < 1.29 is 18.3 Å². The summed E-state index contributed by atoms with van der Waals surface area (Å²) in [6.07, 6.45) is 2.56. The normalized spacial score (nSPS) is 29.2. The molecule has 1 N–H and O–H groups in total. The molecule has 1 fully saturated rings. The van der Waals surface area contributed by atoms with Crippen molar-refractivity contribution in [3.8, 4) is 0 Å². The van der Waals surface area contributed by atoms with Crippen LogP contribution in [-0.4, -0.2) is 48.1 Å². The summed E-state index contributed by atoms with van der Waals surface area (Å²) in [6.45, 7) is 2.28. The summed E-state index contributed by atoms with van der Waals surface area (Å²) in [5.74, 6) is -0.904. The smallest absolute Gasteiger partial charge is 0.320 e. The first-order chi connectivity index (χ1) is 7.93. The molecule has 0 bridgehead atoms. The van der Waals surface area contributed by atoms with Crippen molar-refractivity contribution in [3.05, 3.63) is 11.6 Å². The van der Waals surface area contributed by atoms with E-state index in [-0.39, 0.29) is 5.04 Å². The summed E-state index contributed by atoms with van der Waals surface area (Å²) < 4.78 is 23.3. The third-order valence-electron chi connectivity index (χ3n) is 3.17. The SMILES string of the molecule is C[C@@H](C1=NC=CS1(=O)=O)N1CCCC1C(=O)O. The van der Waals surface area contributed by atoms with Crippen LogP contribution < -0.4 is 0 Å². The van der Waals surface area contributed by atoms with E-state index < -0.39 is 27.9 Å². The van der Waals surface area contributed by atoms with Crippen LogP contribution in [0.2, 0.25) is 0 Å². The molecular formula is C10H14N2O4S. The number of hydrogen-bond donors (Lipinski definition) is 1. The Morgan fingerprint density at radius 1 is 1.65 bits per heavy atom. The second-order valence-electron chi connectivity index (χ2n) is 4.21. The van der Waals surface area contributed by atoms with Crippen molar-refractivity contribution in [3.63, 3.8) is 0 Å². The Kier molecular flexibility index (Phi) is 3.05. The Morgan fingerprint density at radius 2 is 2.35 bits per heavy atom. The van der Waals surface area contributed by atoms with Crippen LogP contribution in [0.4, 0.5) is 0 Å². The molecule has 2 heterocycles. The van der Waals surface area contributed by atoms with E-state index in [1.165, 1.54) is 6.20 Å². The predicted octanol–water partition coefficient (Wildman–Crippen LogP) is 0.222. The third kappa shape index (κ3) is 2.12. The summed E-state index contributed by atoms with van der Waals surface area (Å²) in [7, 11) is -3.44. The van der Waals surface area contributed by atoms with Gasteiger partial charge in [0.05, 0.1) is 11.4 Å². The maximum Gasteiger partial charge on any atom is 0.320 e. The Bertz CT molecular complexity index is 494. The quantitative estimate of drug-likeness (QED) is 0.782. The van der Waals surface area contributed by atoms with E-state index in [0.717, 1.165) is 11.8 Å². The van der Waals surface area contributed by atoms with Crippen LogP contribution in [0.1, 0.15) is 19.8 Å². The number of likely N-dealkylation sites (tertiary alicyclic amines) is 1. The lowest BCUT2D eigenvalue weighted by Gasteiger charge is -2.27. The van der Waals surface area contributed by atoms with Crippen LogP contribution in [-0.2, 0) is 14.6 Å². The summed E-state index contributed by atoms with van der Waals surface area (Å²) in [6, 6.07) is -1.10. The fraction of sp³-hybridized carbons (Fsp3) is 0.600. The number of nitrogens with zero attached hydrogens (tertiary/aromatic N) is 2. The Hall–Kier alpha value is -1.21. The number of carbonyl (C=O) groups is 1. The fourth-order valence-corrected chi connectivity index (χ4v) is 3.51. The molecule has 0 radical (unpaired) electrons. The number of sulfone groups is 1. The van der Waals surface area contributed by atoms with Gasteiger partial charge in [-0.25, -0.2) is 13.4 Å². The summed E-state index contributed by atoms with van der Waals surface area (Å²) in [5, 5.41) is 10.2.